The van der Waals surface area contributed by atoms with Crippen LogP contribution in [0.1, 0.15) is 16.7 Å². The van der Waals surface area contributed by atoms with Gasteiger partial charge in [-0.1, -0.05) is 95.7 Å². The van der Waals surface area contributed by atoms with Crippen LogP contribution in [0.2, 0.25) is 0 Å². The second kappa shape index (κ2) is 15.9. The molecule has 0 saturated carbocycles. The van der Waals surface area contributed by atoms with Crippen molar-refractivity contribution in [3.63, 3.8) is 0 Å². The zero-order valence-corrected chi connectivity index (χ0v) is 39.1. The van der Waals surface area contributed by atoms with E-state index in [0.717, 1.165) is 0 Å². The summed E-state index contributed by atoms with van der Waals surface area (Å²) < 4.78 is 0. The van der Waals surface area contributed by atoms with Crippen LogP contribution in [0.15, 0.2) is 146 Å². The smallest absolute Gasteiger partial charge is 0 e. The molecule has 0 bridgehead atoms. The minimum Gasteiger partial charge on any atom is -0.183 e. The van der Waals surface area contributed by atoms with Gasteiger partial charge in [-0.15, -0.1) is 98.4 Å². The Balaban J connectivity index is 0.000000122. The van der Waals surface area contributed by atoms with Gasteiger partial charge in [-0.2, -0.15) is 18.2 Å². The van der Waals surface area contributed by atoms with Crippen molar-refractivity contribution in [3.8, 4) is 0 Å². The van der Waals surface area contributed by atoms with E-state index >= 15 is 0 Å². The number of benzene rings is 12. The largest absolute Gasteiger partial charge is 0.183 e. The zero-order valence-electron chi connectivity index (χ0n) is 30.6. The molecule has 54 heavy (non-hydrogen) atoms. The Hall–Kier alpha value is -2.93. The Morgan fingerprint density at radius 1 is 0.333 bits per heavy atom. The molecule has 12 aromatic carbocycles. The van der Waals surface area contributed by atoms with E-state index in [4.69, 9.17) is 0 Å². The fourth-order valence-electron chi connectivity index (χ4n) is 8.44. The van der Waals surface area contributed by atoms with E-state index in [9.17, 15) is 0 Å². The Bertz CT molecular complexity index is 2990. The van der Waals surface area contributed by atoms with Crippen LogP contribution in [0.5, 0.6) is 0 Å². The summed E-state index contributed by atoms with van der Waals surface area (Å²) in [7, 11) is 0. The summed E-state index contributed by atoms with van der Waals surface area (Å²) in [5, 5.41) is 23.9. The minimum absolute atomic E-state index is 0. The van der Waals surface area contributed by atoms with Crippen molar-refractivity contribution in [2.24, 2.45) is 0 Å². The molecule has 0 amide bonds. The topological polar surface area (TPSA) is 0 Å². The van der Waals surface area contributed by atoms with Crippen LogP contribution < -0.4 is 0 Å². The average Bonchev–Trinajstić information content (AvgIpc) is 3.17. The molecule has 0 saturated heterocycles. The second-order valence-electron chi connectivity index (χ2n) is 14.0. The first-order valence-corrected chi connectivity index (χ1v) is 17.7. The Labute approximate surface area is 391 Å². The molecule has 0 fully saturated rings. The van der Waals surface area contributed by atoms with Crippen molar-refractivity contribution in [1.82, 2.24) is 0 Å². The summed E-state index contributed by atoms with van der Waals surface area (Å²) in [6.07, 6.45) is 0. The molecule has 3 radical (unpaired) electrons. The first-order valence-electron chi connectivity index (χ1n) is 17.7. The first-order chi connectivity index (χ1) is 25.0. The molecule has 0 aliphatic heterocycles. The Morgan fingerprint density at radius 3 is 1.24 bits per heavy atom. The van der Waals surface area contributed by atoms with Gasteiger partial charge in [0.25, 0.3) is 0 Å². The van der Waals surface area contributed by atoms with E-state index in [0.29, 0.717) is 0 Å². The normalized spacial score (nSPS) is 11.2. The van der Waals surface area contributed by atoms with Gasteiger partial charge >= 0.3 is 0 Å². The van der Waals surface area contributed by atoms with Gasteiger partial charge in [0.1, 0.15) is 0 Å². The van der Waals surface area contributed by atoms with Crippen molar-refractivity contribution in [3.05, 3.63) is 180 Å². The van der Waals surface area contributed by atoms with Gasteiger partial charge < -0.3 is 0 Å². The molecule has 0 heterocycles. The van der Waals surface area contributed by atoms with Gasteiger partial charge in [0, 0.05) is 98.1 Å². The van der Waals surface area contributed by atoms with Crippen molar-refractivity contribution >= 4 is 97.0 Å². The SMILES string of the molecule is Cc1cc2ccc3c[c-]cc4ccc(c1)c2c34.Cc1ccc2ccc3[c-]ccc4ccc1c2c34.Cc1ccc2ccc3cc[c-]c4ccc1c2c43.[Y].[Y].[Y]. The number of hydrogen-bond donors (Lipinski definition) is 0. The van der Waals surface area contributed by atoms with Gasteiger partial charge in [-0.05, 0) is 85.9 Å². The maximum atomic E-state index is 3.33. The van der Waals surface area contributed by atoms with E-state index in [1.165, 1.54) is 114 Å². The van der Waals surface area contributed by atoms with Crippen LogP contribution in [0.25, 0.3) is 97.0 Å². The monoisotopic (exact) mass is 912 g/mol. The molecule has 0 aliphatic carbocycles. The van der Waals surface area contributed by atoms with Crippen molar-refractivity contribution in [2.75, 3.05) is 0 Å². The molecule has 0 aromatic heterocycles. The van der Waals surface area contributed by atoms with Crippen molar-refractivity contribution < 1.29 is 98.1 Å². The predicted octanol–water partition coefficient (Wildman–Crippen LogP) is 14.1. The maximum absolute atomic E-state index is 3.33. The van der Waals surface area contributed by atoms with Crippen LogP contribution in [0, 0.1) is 39.0 Å². The summed E-state index contributed by atoms with van der Waals surface area (Å²) in [5.41, 5.74) is 4.01. The summed E-state index contributed by atoms with van der Waals surface area (Å²) in [4.78, 5) is 0. The molecular weight excluding hydrogens is 879 g/mol. The number of rotatable bonds is 0. The molecule has 0 spiro atoms. The van der Waals surface area contributed by atoms with E-state index in [1.807, 2.05) is 12.1 Å². The van der Waals surface area contributed by atoms with Crippen LogP contribution in [0.3, 0.4) is 0 Å². The van der Waals surface area contributed by atoms with Gasteiger partial charge in [0.05, 0.1) is 0 Å². The quantitative estimate of drug-likeness (QED) is 0.105. The number of hydrogen-bond acceptors (Lipinski definition) is 0. The molecule has 3 heteroatoms. The third-order valence-corrected chi connectivity index (χ3v) is 10.9. The molecule has 0 atom stereocenters. The van der Waals surface area contributed by atoms with Gasteiger partial charge in [-0.25, -0.2) is 0 Å². The summed E-state index contributed by atoms with van der Waals surface area (Å²) in [5.74, 6) is 0. The maximum Gasteiger partial charge on any atom is 0 e. The summed E-state index contributed by atoms with van der Waals surface area (Å²) in [6, 6.07) is 62.1. The second-order valence-corrected chi connectivity index (χ2v) is 14.0. The molecule has 0 unspecified atom stereocenters. The minimum atomic E-state index is 0. The van der Waals surface area contributed by atoms with E-state index in [2.05, 4.69) is 172 Å². The fraction of sp³-hybridized carbons (Fsp3) is 0.0588. The van der Waals surface area contributed by atoms with E-state index in [1.54, 1.807) is 0 Å². The van der Waals surface area contributed by atoms with Crippen LogP contribution in [-0.2, 0) is 98.1 Å². The van der Waals surface area contributed by atoms with E-state index in [-0.39, 0.29) is 98.1 Å². The third-order valence-electron chi connectivity index (χ3n) is 10.9. The standard InChI is InChI=1S/3C17H11.3Y/c1-11-9-14-7-5-12-3-2-4-13-6-8-15(10-11)17(14)16(12)13;2*1-11-5-6-14-8-7-12-3-2-4-13-9-10-15(11)17(14)16(12)13;;;/h3-10H,1H3;2,4-10H,1H3;2-3,5-10H,1H3;;;/q3*-1;;;. The van der Waals surface area contributed by atoms with E-state index < -0.39 is 0 Å². The van der Waals surface area contributed by atoms with Gasteiger partial charge in [0.2, 0.25) is 0 Å². The molecule has 249 valence electrons. The number of aryl methyl sites for hydroxylation is 3. The van der Waals surface area contributed by atoms with Crippen molar-refractivity contribution in [1.29, 1.82) is 0 Å². The Morgan fingerprint density at radius 2 is 0.704 bits per heavy atom. The zero-order chi connectivity index (χ0) is 34.2. The average molecular weight is 913 g/mol. The van der Waals surface area contributed by atoms with Gasteiger partial charge in [-0.3, -0.25) is 0 Å². The van der Waals surface area contributed by atoms with Crippen LogP contribution in [0.4, 0.5) is 0 Å². The Kier molecular flexibility index (Phi) is 11.6. The molecule has 12 rings (SSSR count). The summed E-state index contributed by atoms with van der Waals surface area (Å²) in [6.45, 7) is 6.51. The molecule has 0 aliphatic rings. The fourth-order valence-corrected chi connectivity index (χ4v) is 8.44. The van der Waals surface area contributed by atoms with Crippen LogP contribution in [-0.4, -0.2) is 0 Å². The predicted molar refractivity (Wildman–Crippen MR) is 221 cm³/mol. The molecular formula is C51H33Y3-3. The molecule has 0 nitrogen and oxygen atoms in total. The van der Waals surface area contributed by atoms with Crippen molar-refractivity contribution in [2.45, 2.75) is 20.8 Å². The van der Waals surface area contributed by atoms with Crippen LogP contribution >= 0.6 is 0 Å². The summed E-state index contributed by atoms with van der Waals surface area (Å²) >= 11 is 0. The third kappa shape index (κ3) is 6.60. The molecule has 12 aromatic rings. The first kappa shape index (κ1) is 39.3. The molecule has 0 N–H and O–H groups in total. The van der Waals surface area contributed by atoms with Gasteiger partial charge in [0.15, 0.2) is 0 Å².